The van der Waals surface area contributed by atoms with Crippen LogP contribution < -0.4 is 14.9 Å². The first-order chi connectivity index (χ1) is 16.3. The molecule has 2 aliphatic rings. The number of benzene rings is 2. The third kappa shape index (κ3) is 6.16. The normalized spacial score (nSPS) is 18.4. The Morgan fingerprint density at radius 2 is 1.85 bits per heavy atom. The lowest BCUT2D eigenvalue weighted by Gasteiger charge is -2.29. The Morgan fingerprint density at radius 1 is 1.12 bits per heavy atom. The largest absolute Gasteiger partial charge is 0.369 e. The van der Waals surface area contributed by atoms with Gasteiger partial charge < -0.3 is 10.2 Å². The van der Waals surface area contributed by atoms with Crippen molar-refractivity contribution in [3.8, 4) is 0 Å². The number of carbonyl (C=O) groups excluding carboxylic acids is 1. The van der Waals surface area contributed by atoms with Gasteiger partial charge in [0.15, 0.2) is 0 Å². The maximum absolute atomic E-state index is 13.5. The van der Waals surface area contributed by atoms with E-state index in [-0.39, 0.29) is 22.7 Å². The van der Waals surface area contributed by atoms with Crippen LogP contribution in [0.1, 0.15) is 51.0 Å². The molecule has 1 aliphatic heterocycles. The fourth-order valence-electron chi connectivity index (χ4n) is 5.17. The molecule has 1 amide bonds. The quantitative estimate of drug-likeness (QED) is 0.560. The van der Waals surface area contributed by atoms with Gasteiger partial charge >= 0.3 is 0 Å². The van der Waals surface area contributed by atoms with Gasteiger partial charge in [-0.1, -0.05) is 50.3 Å². The van der Waals surface area contributed by atoms with Crippen molar-refractivity contribution >= 4 is 21.6 Å². The van der Waals surface area contributed by atoms with E-state index in [1.807, 2.05) is 6.92 Å². The van der Waals surface area contributed by atoms with Gasteiger partial charge in [-0.15, -0.1) is 0 Å². The first-order valence-electron chi connectivity index (χ1n) is 12.2. The van der Waals surface area contributed by atoms with Gasteiger partial charge in [-0.2, -0.15) is 4.72 Å². The number of hydrogen-bond acceptors (Lipinski definition) is 4. The highest BCUT2D eigenvalue weighted by Crippen LogP contribution is 2.29. The summed E-state index contributed by atoms with van der Waals surface area (Å²) in [5, 5.41) is 3.03. The molecule has 4 rings (SSSR count). The van der Waals surface area contributed by atoms with Crippen molar-refractivity contribution in [3.63, 3.8) is 0 Å². The molecule has 2 N–H and O–H groups in total. The summed E-state index contributed by atoms with van der Waals surface area (Å²) in [6, 6.07) is 12.0. The average molecular weight is 488 g/mol. The van der Waals surface area contributed by atoms with Crippen LogP contribution in [0.2, 0.25) is 0 Å². The van der Waals surface area contributed by atoms with Crippen molar-refractivity contribution < 1.29 is 17.6 Å². The van der Waals surface area contributed by atoms with Crippen LogP contribution in [-0.2, 0) is 21.2 Å². The molecule has 1 fully saturated rings. The van der Waals surface area contributed by atoms with Crippen LogP contribution in [0.15, 0.2) is 53.4 Å². The minimum Gasteiger partial charge on any atom is -0.369 e. The standard InChI is InChI=1S/C26H34FN3O3S/c1-19(18-30-15-14-21-17-22(27)12-13-25(21)30)28-26(31)24(16-20-8-4-2-5-9-20)29-34(32,33)23-10-6-3-7-11-23/h3,6-7,10-13,17,19-20,24,29H,2,4-5,8-9,14-16,18H2,1H3,(H,28,31). The average Bonchev–Trinajstić information content (AvgIpc) is 3.21. The third-order valence-corrected chi connectivity index (χ3v) is 8.36. The van der Waals surface area contributed by atoms with Crippen LogP contribution in [0.25, 0.3) is 0 Å². The summed E-state index contributed by atoms with van der Waals surface area (Å²) < 4.78 is 42.2. The van der Waals surface area contributed by atoms with Gasteiger partial charge in [0.2, 0.25) is 15.9 Å². The predicted molar refractivity (Wildman–Crippen MR) is 132 cm³/mol. The lowest BCUT2D eigenvalue weighted by molar-refractivity contribution is -0.123. The minimum atomic E-state index is -3.81. The summed E-state index contributed by atoms with van der Waals surface area (Å²) in [6.45, 7) is 3.26. The molecule has 1 heterocycles. The fourth-order valence-corrected chi connectivity index (χ4v) is 6.40. The molecule has 0 saturated heterocycles. The van der Waals surface area contributed by atoms with E-state index in [0.717, 1.165) is 49.9 Å². The van der Waals surface area contributed by atoms with Crippen molar-refractivity contribution in [1.82, 2.24) is 10.0 Å². The Balaban J connectivity index is 1.43. The Morgan fingerprint density at radius 3 is 2.59 bits per heavy atom. The highest BCUT2D eigenvalue weighted by atomic mass is 32.2. The van der Waals surface area contributed by atoms with Gasteiger partial charge in [-0.25, -0.2) is 12.8 Å². The highest BCUT2D eigenvalue weighted by molar-refractivity contribution is 7.89. The van der Waals surface area contributed by atoms with Crippen LogP contribution in [-0.4, -0.2) is 39.5 Å². The molecule has 2 unspecified atom stereocenters. The zero-order valence-electron chi connectivity index (χ0n) is 19.7. The van der Waals surface area contributed by atoms with E-state index in [4.69, 9.17) is 0 Å². The minimum absolute atomic E-state index is 0.158. The first kappa shape index (κ1) is 24.7. The number of nitrogens with zero attached hydrogens (tertiary/aromatic N) is 1. The van der Waals surface area contributed by atoms with Crippen molar-refractivity contribution in [2.24, 2.45) is 5.92 Å². The molecule has 8 heteroatoms. The number of nitrogens with one attached hydrogen (secondary N) is 2. The molecule has 0 radical (unpaired) electrons. The molecule has 2 aromatic carbocycles. The summed E-state index contributed by atoms with van der Waals surface area (Å²) in [4.78, 5) is 15.6. The Labute approximate surface area is 202 Å². The van der Waals surface area contributed by atoms with E-state index in [1.165, 1.54) is 24.6 Å². The molecule has 2 aromatic rings. The monoisotopic (exact) mass is 487 g/mol. The van der Waals surface area contributed by atoms with Gasteiger partial charge in [-0.3, -0.25) is 4.79 Å². The second kappa shape index (κ2) is 10.9. The smallest absolute Gasteiger partial charge is 0.241 e. The van der Waals surface area contributed by atoms with E-state index < -0.39 is 16.1 Å². The molecule has 0 aromatic heterocycles. The summed E-state index contributed by atoms with van der Waals surface area (Å²) in [7, 11) is -3.81. The zero-order chi connectivity index (χ0) is 24.1. The summed E-state index contributed by atoms with van der Waals surface area (Å²) in [6.07, 6.45) is 6.75. The third-order valence-electron chi connectivity index (χ3n) is 6.88. The van der Waals surface area contributed by atoms with E-state index in [0.29, 0.717) is 18.9 Å². The Bertz CT molecular complexity index is 1090. The highest BCUT2D eigenvalue weighted by Gasteiger charge is 2.30. The first-order valence-corrected chi connectivity index (χ1v) is 13.7. The van der Waals surface area contributed by atoms with Crippen LogP contribution >= 0.6 is 0 Å². The van der Waals surface area contributed by atoms with E-state index >= 15 is 0 Å². The number of halogens is 1. The fraction of sp³-hybridized carbons (Fsp3) is 0.500. The van der Waals surface area contributed by atoms with E-state index in [9.17, 15) is 17.6 Å². The molecule has 184 valence electrons. The van der Waals surface area contributed by atoms with Gasteiger partial charge in [0.25, 0.3) is 0 Å². The molecular weight excluding hydrogens is 453 g/mol. The van der Waals surface area contributed by atoms with Gasteiger partial charge in [0.05, 0.1) is 4.90 Å². The van der Waals surface area contributed by atoms with Crippen molar-refractivity contribution in [1.29, 1.82) is 0 Å². The lowest BCUT2D eigenvalue weighted by Crippen LogP contribution is -2.51. The number of carbonyl (C=O) groups is 1. The topological polar surface area (TPSA) is 78.5 Å². The SMILES string of the molecule is CC(CN1CCc2cc(F)ccc21)NC(=O)C(CC1CCCCC1)NS(=O)(=O)c1ccccc1. The molecule has 1 aliphatic carbocycles. The molecule has 2 atom stereocenters. The number of sulfonamides is 1. The van der Waals surface area contributed by atoms with Gasteiger partial charge in [0, 0.05) is 24.8 Å². The van der Waals surface area contributed by atoms with Gasteiger partial charge in [0.1, 0.15) is 11.9 Å². The Kier molecular flexibility index (Phi) is 7.88. The molecule has 0 bridgehead atoms. The molecule has 0 spiro atoms. The summed E-state index contributed by atoms with van der Waals surface area (Å²) in [5.41, 5.74) is 1.97. The van der Waals surface area contributed by atoms with E-state index in [1.54, 1.807) is 30.3 Å². The predicted octanol–water partition coefficient (Wildman–Crippen LogP) is 4.01. The summed E-state index contributed by atoms with van der Waals surface area (Å²) >= 11 is 0. The molecule has 34 heavy (non-hydrogen) atoms. The number of hydrogen-bond donors (Lipinski definition) is 2. The van der Waals surface area contributed by atoms with Crippen molar-refractivity contribution in [3.05, 3.63) is 59.9 Å². The second-order valence-electron chi connectivity index (χ2n) is 9.61. The van der Waals surface area contributed by atoms with Crippen molar-refractivity contribution in [2.75, 3.05) is 18.0 Å². The molecular formula is C26H34FN3O3S. The van der Waals surface area contributed by atoms with Crippen LogP contribution in [0, 0.1) is 11.7 Å². The molecule has 6 nitrogen and oxygen atoms in total. The maximum Gasteiger partial charge on any atom is 0.241 e. The number of amides is 1. The number of anilines is 1. The van der Waals surface area contributed by atoms with Crippen LogP contribution in [0.4, 0.5) is 10.1 Å². The lowest BCUT2D eigenvalue weighted by atomic mass is 9.85. The van der Waals surface area contributed by atoms with Crippen molar-refractivity contribution in [2.45, 2.75) is 68.8 Å². The number of fused-ring (bicyclic) bond motifs is 1. The molecule has 1 saturated carbocycles. The van der Waals surface area contributed by atoms with Crippen LogP contribution in [0.3, 0.4) is 0 Å². The van der Waals surface area contributed by atoms with Gasteiger partial charge in [-0.05, 0) is 61.6 Å². The van der Waals surface area contributed by atoms with E-state index in [2.05, 4.69) is 14.9 Å². The maximum atomic E-state index is 13.5. The zero-order valence-corrected chi connectivity index (χ0v) is 20.5. The second-order valence-corrected chi connectivity index (χ2v) is 11.3. The Hall–Kier alpha value is -2.45. The summed E-state index contributed by atoms with van der Waals surface area (Å²) in [5.74, 6) is -0.201. The van der Waals surface area contributed by atoms with Crippen LogP contribution in [0.5, 0.6) is 0 Å². The number of rotatable bonds is 9.